The van der Waals surface area contributed by atoms with Gasteiger partial charge in [0.2, 0.25) is 0 Å². The molecule has 8 heteroatoms. The van der Waals surface area contributed by atoms with Gasteiger partial charge in [-0.15, -0.1) is 0 Å². The van der Waals surface area contributed by atoms with Crippen LogP contribution in [0.2, 0.25) is 0 Å². The first kappa shape index (κ1) is 18.2. The summed E-state index contributed by atoms with van der Waals surface area (Å²) in [7, 11) is 0. The molecular weight excluding hydrogens is 354 g/mol. The number of nitrogens with one attached hydrogen (secondary N) is 1. The van der Waals surface area contributed by atoms with Crippen LogP contribution >= 0.6 is 0 Å². The predicted octanol–water partition coefficient (Wildman–Crippen LogP) is 4.21. The van der Waals surface area contributed by atoms with E-state index in [0.717, 1.165) is 17.7 Å². The highest BCUT2D eigenvalue weighted by atomic mass is 19.4. The van der Waals surface area contributed by atoms with Crippen molar-refractivity contribution in [2.24, 2.45) is 0 Å². The van der Waals surface area contributed by atoms with Gasteiger partial charge in [0.05, 0.1) is 24.8 Å². The number of ether oxygens (including phenoxy) is 2. The normalized spacial score (nSPS) is 19.9. The lowest BCUT2D eigenvalue weighted by molar-refractivity contribution is -0.137. The minimum atomic E-state index is -4.48. The smallest absolute Gasteiger partial charge is 0.416 e. The third-order valence-electron chi connectivity index (χ3n) is 3.94. The summed E-state index contributed by atoms with van der Waals surface area (Å²) in [6.07, 6.45) is -5.97. The minimum absolute atomic E-state index is 0.0168. The van der Waals surface area contributed by atoms with Crippen LogP contribution in [-0.2, 0) is 22.3 Å². The number of hydrogen-bond donors (Lipinski definition) is 1. The number of carbonyl (C=O) groups excluding carboxylic acids is 1. The Kier molecular flexibility index (Phi) is 5.13. The molecule has 1 heterocycles. The first-order valence-electron chi connectivity index (χ1n) is 7.79. The molecule has 0 saturated carbocycles. The number of halogens is 4. The van der Waals surface area contributed by atoms with Crippen LogP contribution in [0.25, 0.3) is 0 Å². The largest absolute Gasteiger partial charge is 0.441 e. The Morgan fingerprint density at radius 2 is 1.85 bits per heavy atom. The molecule has 3 rings (SSSR count). The monoisotopic (exact) mass is 369 g/mol. The number of rotatable bonds is 5. The molecule has 2 aromatic rings. The third-order valence-corrected chi connectivity index (χ3v) is 3.94. The number of carbonyl (C=O) groups is 1. The van der Waals surface area contributed by atoms with Crippen molar-refractivity contribution in [2.75, 3.05) is 6.61 Å². The van der Waals surface area contributed by atoms with Gasteiger partial charge in [0, 0.05) is 0 Å². The van der Waals surface area contributed by atoms with Gasteiger partial charge in [-0.3, -0.25) is 0 Å². The molecule has 0 unspecified atom stereocenters. The van der Waals surface area contributed by atoms with E-state index in [0.29, 0.717) is 0 Å². The summed E-state index contributed by atoms with van der Waals surface area (Å²) in [6.45, 7) is 0.140. The maximum atomic E-state index is 12.9. The second-order valence-corrected chi connectivity index (χ2v) is 5.83. The van der Waals surface area contributed by atoms with Crippen LogP contribution in [0.15, 0.2) is 48.5 Å². The molecular formula is C18H15F4NO3. The zero-order valence-corrected chi connectivity index (χ0v) is 13.4. The van der Waals surface area contributed by atoms with Crippen LogP contribution in [-0.4, -0.2) is 18.8 Å². The molecule has 26 heavy (non-hydrogen) atoms. The molecule has 0 aromatic heterocycles. The highest BCUT2D eigenvalue weighted by Crippen LogP contribution is 2.33. The van der Waals surface area contributed by atoms with E-state index in [1.165, 1.54) is 24.3 Å². The summed E-state index contributed by atoms with van der Waals surface area (Å²) in [5.41, 5.74) is 0.197. The van der Waals surface area contributed by atoms with E-state index in [-0.39, 0.29) is 24.6 Å². The SMILES string of the molecule is O=C1N[C@@H](c2cccc(C(F)(F)F)c2)[C@H](COCc2ccc(F)cc2)O1. The van der Waals surface area contributed by atoms with Crippen LogP contribution in [0.4, 0.5) is 22.4 Å². The molecule has 1 aliphatic rings. The predicted molar refractivity (Wildman–Crippen MR) is 83.6 cm³/mol. The number of hydrogen-bond acceptors (Lipinski definition) is 3. The summed E-state index contributed by atoms with van der Waals surface area (Å²) < 4.78 is 62.1. The van der Waals surface area contributed by atoms with E-state index in [1.807, 2.05) is 0 Å². The molecule has 0 radical (unpaired) electrons. The first-order chi connectivity index (χ1) is 12.3. The van der Waals surface area contributed by atoms with Crippen LogP contribution in [0.5, 0.6) is 0 Å². The molecule has 2 aromatic carbocycles. The van der Waals surface area contributed by atoms with Crippen molar-refractivity contribution < 1.29 is 31.8 Å². The van der Waals surface area contributed by atoms with Crippen molar-refractivity contribution in [3.8, 4) is 0 Å². The third kappa shape index (κ3) is 4.32. The van der Waals surface area contributed by atoms with Crippen LogP contribution in [0, 0.1) is 5.82 Å². The standard InChI is InChI=1S/C18H15F4NO3/c19-14-6-4-11(5-7-14)9-25-10-15-16(23-17(24)26-15)12-2-1-3-13(8-12)18(20,21)22/h1-8,15-16H,9-10H2,(H,23,24)/t15-,16-/m0/s1. The number of amides is 1. The Hall–Kier alpha value is -2.61. The molecule has 1 aliphatic heterocycles. The highest BCUT2D eigenvalue weighted by molar-refractivity contribution is 5.70. The van der Waals surface area contributed by atoms with Crippen molar-refractivity contribution in [2.45, 2.75) is 24.9 Å². The number of cyclic esters (lactones) is 1. The van der Waals surface area contributed by atoms with Crippen molar-refractivity contribution in [1.29, 1.82) is 0 Å². The zero-order valence-electron chi connectivity index (χ0n) is 13.4. The maximum absolute atomic E-state index is 12.9. The van der Waals surface area contributed by atoms with E-state index in [4.69, 9.17) is 9.47 Å². The van der Waals surface area contributed by atoms with Crippen LogP contribution < -0.4 is 5.32 Å². The highest BCUT2D eigenvalue weighted by Gasteiger charge is 2.37. The fourth-order valence-electron chi connectivity index (χ4n) is 2.67. The Labute approximate surface area is 146 Å². The van der Waals surface area contributed by atoms with Gasteiger partial charge in [-0.05, 0) is 35.4 Å². The molecule has 1 fully saturated rings. The van der Waals surface area contributed by atoms with Crippen LogP contribution in [0.1, 0.15) is 22.7 Å². The fourth-order valence-corrected chi connectivity index (χ4v) is 2.67. The summed E-state index contributed by atoms with van der Waals surface area (Å²) in [5.74, 6) is -0.368. The van der Waals surface area contributed by atoms with E-state index < -0.39 is 30.0 Å². The van der Waals surface area contributed by atoms with Gasteiger partial charge in [-0.2, -0.15) is 13.2 Å². The van der Waals surface area contributed by atoms with Crippen molar-refractivity contribution in [3.63, 3.8) is 0 Å². The Balaban J connectivity index is 1.67. The molecule has 138 valence electrons. The van der Waals surface area contributed by atoms with E-state index >= 15 is 0 Å². The summed E-state index contributed by atoms with van der Waals surface area (Å²) in [6, 6.07) is 9.65. The van der Waals surface area contributed by atoms with E-state index in [1.54, 1.807) is 12.1 Å². The Morgan fingerprint density at radius 1 is 1.12 bits per heavy atom. The first-order valence-corrected chi connectivity index (χ1v) is 7.79. The second kappa shape index (κ2) is 7.33. The summed E-state index contributed by atoms with van der Waals surface area (Å²) >= 11 is 0. The topological polar surface area (TPSA) is 47.6 Å². The Bertz CT molecular complexity index is 777. The molecule has 0 aliphatic carbocycles. The molecule has 4 nitrogen and oxygen atoms in total. The van der Waals surface area contributed by atoms with Gasteiger partial charge in [-0.25, -0.2) is 9.18 Å². The molecule has 1 N–H and O–H groups in total. The lowest BCUT2D eigenvalue weighted by Crippen LogP contribution is -2.26. The summed E-state index contributed by atoms with van der Waals surface area (Å²) in [4.78, 5) is 11.5. The molecule has 1 saturated heterocycles. The quantitative estimate of drug-likeness (QED) is 0.804. The number of alkyl halides is 3. The number of alkyl carbamates (subject to hydrolysis) is 1. The summed E-state index contributed by atoms with van der Waals surface area (Å²) in [5, 5.41) is 2.50. The van der Waals surface area contributed by atoms with Gasteiger partial charge >= 0.3 is 12.3 Å². The number of benzene rings is 2. The molecule has 2 atom stereocenters. The van der Waals surface area contributed by atoms with Crippen LogP contribution in [0.3, 0.4) is 0 Å². The van der Waals surface area contributed by atoms with Crippen molar-refractivity contribution in [1.82, 2.24) is 5.32 Å². The average Bonchev–Trinajstić information content (AvgIpc) is 2.97. The zero-order chi connectivity index (χ0) is 18.7. The Morgan fingerprint density at radius 3 is 2.54 bits per heavy atom. The minimum Gasteiger partial charge on any atom is -0.441 e. The van der Waals surface area contributed by atoms with Gasteiger partial charge in [-0.1, -0.05) is 24.3 Å². The molecule has 0 spiro atoms. The average molecular weight is 369 g/mol. The fraction of sp³-hybridized carbons (Fsp3) is 0.278. The molecule has 1 amide bonds. The van der Waals surface area contributed by atoms with Gasteiger partial charge < -0.3 is 14.8 Å². The van der Waals surface area contributed by atoms with Gasteiger partial charge in [0.25, 0.3) is 0 Å². The van der Waals surface area contributed by atoms with Crippen molar-refractivity contribution >= 4 is 6.09 Å². The molecule has 0 bridgehead atoms. The van der Waals surface area contributed by atoms with E-state index in [2.05, 4.69) is 5.32 Å². The van der Waals surface area contributed by atoms with E-state index in [9.17, 15) is 22.4 Å². The van der Waals surface area contributed by atoms with Gasteiger partial charge in [0.1, 0.15) is 5.82 Å². The van der Waals surface area contributed by atoms with Crippen molar-refractivity contribution in [3.05, 3.63) is 71.0 Å². The maximum Gasteiger partial charge on any atom is 0.416 e. The second-order valence-electron chi connectivity index (χ2n) is 5.83. The lowest BCUT2D eigenvalue weighted by atomic mass is 10.00. The van der Waals surface area contributed by atoms with Gasteiger partial charge in [0.15, 0.2) is 6.10 Å². The lowest BCUT2D eigenvalue weighted by Gasteiger charge is -2.18.